The van der Waals surface area contributed by atoms with E-state index in [0.29, 0.717) is 30.5 Å². The van der Waals surface area contributed by atoms with Crippen LogP contribution in [0.4, 0.5) is 4.79 Å². The first-order chi connectivity index (χ1) is 11.9. The fraction of sp³-hybridized carbons (Fsp3) is 0.500. The minimum atomic E-state index is -0.554. The van der Waals surface area contributed by atoms with Crippen LogP contribution >= 0.6 is 0 Å². The van der Waals surface area contributed by atoms with E-state index in [4.69, 9.17) is 4.52 Å². The number of rotatable bonds is 8. The molecule has 0 saturated heterocycles. The van der Waals surface area contributed by atoms with E-state index in [2.05, 4.69) is 20.8 Å². The predicted octanol–water partition coefficient (Wildman–Crippen LogP) is 2.43. The summed E-state index contributed by atoms with van der Waals surface area (Å²) in [6.45, 7) is 6.02. The smallest absolute Gasteiger partial charge is 0.315 e. The van der Waals surface area contributed by atoms with Crippen LogP contribution in [0.5, 0.6) is 0 Å². The number of carbonyl (C=O) groups is 1. The van der Waals surface area contributed by atoms with E-state index in [1.807, 2.05) is 44.2 Å². The Morgan fingerprint density at radius 1 is 1.24 bits per heavy atom. The average Bonchev–Trinajstić information content (AvgIpc) is 3.02. The molecule has 136 valence electrons. The molecule has 3 N–H and O–H groups in total. The number of hydrogen-bond donors (Lipinski definition) is 3. The van der Waals surface area contributed by atoms with Crippen LogP contribution < -0.4 is 10.6 Å². The second kappa shape index (κ2) is 9.17. The van der Waals surface area contributed by atoms with E-state index in [0.717, 1.165) is 5.56 Å². The third-order valence-corrected chi connectivity index (χ3v) is 3.65. The van der Waals surface area contributed by atoms with E-state index in [1.165, 1.54) is 0 Å². The van der Waals surface area contributed by atoms with Crippen molar-refractivity contribution in [1.82, 2.24) is 20.8 Å². The first-order valence-electron chi connectivity index (χ1n) is 8.53. The molecule has 0 aliphatic carbocycles. The molecule has 7 nitrogen and oxygen atoms in total. The van der Waals surface area contributed by atoms with Crippen molar-refractivity contribution < 1.29 is 14.4 Å². The van der Waals surface area contributed by atoms with E-state index in [-0.39, 0.29) is 12.6 Å². The Labute approximate surface area is 147 Å². The molecule has 0 aliphatic heterocycles. The van der Waals surface area contributed by atoms with Crippen LogP contribution in [0.2, 0.25) is 0 Å². The van der Waals surface area contributed by atoms with E-state index in [9.17, 15) is 9.90 Å². The standard InChI is InChI=1S/C18H26N4O3/c1-12(2)9-15(23)11-19-18(24)20-13(3)17-21-16(22-25-17)10-14-7-5-4-6-8-14/h4-8,12-13,15,23H,9-11H2,1-3H3,(H2,19,20,24). The van der Waals surface area contributed by atoms with Gasteiger partial charge in [0.2, 0.25) is 5.89 Å². The van der Waals surface area contributed by atoms with Gasteiger partial charge in [0, 0.05) is 13.0 Å². The highest BCUT2D eigenvalue weighted by atomic mass is 16.5. The minimum Gasteiger partial charge on any atom is -0.391 e. The number of benzene rings is 1. The second-order valence-electron chi connectivity index (χ2n) is 6.57. The van der Waals surface area contributed by atoms with Crippen LogP contribution in [0.25, 0.3) is 0 Å². The SMILES string of the molecule is CC(C)CC(O)CNC(=O)NC(C)c1nc(Cc2ccccc2)no1. The molecule has 0 aliphatic rings. The zero-order chi connectivity index (χ0) is 18.2. The molecule has 0 saturated carbocycles. The van der Waals surface area contributed by atoms with Crippen LogP contribution in [0, 0.1) is 5.92 Å². The van der Waals surface area contributed by atoms with E-state index >= 15 is 0 Å². The van der Waals surface area contributed by atoms with Crippen molar-refractivity contribution in [1.29, 1.82) is 0 Å². The molecule has 0 radical (unpaired) electrons. The molecule has 1 aromatic carbocycles. The molecular weight excluding hydrogens is 320 g/mol. The Morgan fingerprint density at radius 3 is 2.64 bits per heavy atom. The summed E-state index contributed by atoms with van der Waals surface area (Å²) in [6, 6.07) is 9.06. The largest absolute Gasteiger partial charge is 0.391 e. The normalized spacial score (nSPS) is 13.5. The summed E-state index contributed by atoms with van der Waals surface area (Å²) < 4.78 is 5.22. The van der Waals surface area contributed by atoms with Crippen molar-refractivity contribution in [2.45, 2.75) is 45.8 Å². The highest BCUT2D eigenvalue weighted by molar-refractivity contribution is 5.74. The summed E-state index contributed by atoms with van der Waals surface area (Å²) in [7, 11) is 0. The summed E-state index contributed by atoms with van der Waals surface area (Å²) in [4.78, 5) is 16.2. The van der Waals surface area contributed by atoms with Crippen LogP contribution in [0.1, 0.15) is 50.5 Å². The lowest BCUT2D eigenvalue weighted by Gasteiger charge is -2.15. The quantitative estimate of drug-likeness (QED) is 0.681. The van der Waals surface area contributed by atoms with Gasteiger partial charge in [-0.1, -0.05) is 49.3 Å². The van der Waals surface area contributed by atoms with Gasteiger partial charge in [0.15, 0.2) is 5.82 Å². The number of aliphatic hydroxyl groups excluding tert-OH is 1. The molecule has 0 spiro atoms. The predicted molar refractivity (Wildman–Crippen MR) is 94.0 cm³/mol. The summed E-state index contributed by atoms with van der Waals surface area (Å²) >= 11 is 0. The Bertz CT molecular complexity index is 657. The highest BCUT2D eigenvalue weighted by Crippen LogP contribution is 2.12. The molecule has 0 bridgehead atoms. The van der Waals surface area contributed by atoms with Gasteiger partial charge < -0.3 is 20.3 Å². The number of aromatic nitrogens is 2. The second-order valence-corrected chi connectivity index (χ2v) is 6.57. The number of aliphatic hydroxyl groups is 1. The topological polar surface area (TPSA) is 100 Å². The Kier molecular flexibility index (Phi) is 6.94. The fourth-order valence-corrected chi connectivity index (χ4v) is 2.44. The molecule has 0 fully saturated rings. The van der Waals surface area contributed by atoms with Crippen molar-refractivity contribution in [2.24, 2.45) is 5.92 Å². The Morgan fingerprint density at radius 2 is 1.96 bits per heavy atom. The third-order valence-electron chi connectivity index (χ3n) is 3.65. The molecule has 25 heavy (non-hydrogen) atoms. The van der Waals surface area contributed by atoms with Crippen LogP contribution in [-0.4, -0.2) is 33.9 Å². The van der Waals surface area contributed by atoms with Crippen LogP contribution in [0.15, 0.2) is 34.9 Å². The third kappa shape index (κ3) is 6.54. The minimum absolute atomic E-state index is 0.208. The van der Waals surface area contributed by atoms with E-state index in [1.54, 1.807) is 6.92 Å². The summed E-state index contributed by atoms with van der Waals surface area (Å²) in [5, 5.41) is 19.1. The van der Waals surface area contributed by atoms with Crippen molar-refractivity contribution in [3.8, 4) is 0 Å². The maximum Gasteiger partial charge on any atom is 0.315 e. The van der Waals surface area contributed by atoms with Gasteiger partial charge >= 0.3 is 6.03 Å². The summed E-state index contributed by atoms with van der Waals surface area (Å²) in [6.07, 6.45) is 0.662. The molecule has 2 atom stereocenters. The van der Waals surface area contributed by atoms with Crippen molar-refractivity contribution in [3.63, 3.8) is 0 Å². The van der Waals surface area contributed by atoms with Gasteiger partial charge in [-0.25, -0.2) is 4.79 Å². The van der Waals surface area contributed by atoms with Crippen LogP contribution in [-0.2, 0) is 6.42 Å². The van der Waals surface area contributed by atoms with Gasteiger partial charge in [0.1, 0.15) is 6.04 Å². The maximum absolute atomic E-state index is 11.9. The lowest BCUT2D eigenvalue weighted by molar-refractivity contribution is 0.146. The molecule has 2 aromatic rings. The van der Waals surface area contributed by atoms with E-state index < -0.39 is 12.1 Å². The van der Waals surface area contributed by atoms with Gasteiger partial charge in [-0.3, -0.25) is 0 Å². The summed E-state index contributed by atoms with van der Waals surface area (Å²) in [5.74, 6) is 1.30. The molecule has 7 heteroatoms. The zero-order valence-corrected chi connectivity index (χ0v) is 14.9. The lowest BCUT2D eigenvalue weighted by atomic mass is 10.1. The van der Waals surface area contributed by atoms with Gasteiger partial charge in [0.05, 0.1) is 6.10 Å². The van der Waals surface area contributed by atoms with Crippen molar-refractivity contribution in [3.05, 3.63) is 47.6 Å². The molecule has 2 amide bonds. The highest BCUT2D eigenvalue weighted by Gasteiger charge is 2.17. The fourth-order valence-electron chi connectivity index (χ4n) is 2.44. The van der Waals surface area contributed by atoms with Crippen molar-refractivity contribution in [2.75, 3.05) is 6.54 Å². The molecule has 1 aromatic heterocycles. The molecule has 2 rings (SSSR count). The number of urea groups is 1. The number of hydrogen-bond acceptors (Lipinski definition) is 5. The molecule has 2 unspecified atom stereocenters. The Hall–Kier alpha value is -2.41. The number of nitrogens with zero attached hydrogens (tertiary/aromatic N) is 2. The zero-order valence-electron chi connectivity index (χ0n) is 14.9. The Balaban J connectivity index is 1.80. The van der Waals surface area contributed by atoms with Gasteiger partial charge in [-0.2, -0.15) is 4.98 Å². The monoisotopic (exact) mass is 346 g/mol. The van der Waals surface area contributed by atoms with Crippen LogP contribution in [0.3, 0.4) is 0 Å². The van der Waals surface area contributed by atoms with Gasteiger partial charge in [-0.15, -0.1) is 0 Å². The van der Waals surface area contributed by atoms with Gasteiger partial charge in [0.25, 0.3) is 0 Å². The number of amides is 2. The van der Waals surface area contributed by atoms with Gasteiger partial charge in [-0.05, 0) is 24.8 Å². The lowest BCUT2D eigenvalue weighted by Crippen LogP contribution is -2.41. The first-order valence-corrected chi connectivity index (χ1v) is 8.53. The van der Waals surface area contributed by atoms with Crippen molar-refractivity contribution >= 4 is 6.03 Å². The first kappa shape index (κ1) is 18.9. The molecular formula is C18H26N4O3. The maximum atomic E-state index is 11.9. The number of carbonyl (C=O) groups excluding carboxylic acids is 1. The molecule has 1 heterocycles. The summed E-state index contributed by atoms with van der Waals surface area (Å²) in [5.41, 5.74) is 1.09. The number of nitrogens with one attached hydrogen (secondary N) is 2. The average molecular weight is 346 g/mol.